The van der Waals surface area contributed by atoms with E-state index in [9.17, 15) is 0 Å². The molecule has 0 radical (unpaired) electrons. The summed E-state index contributed by atoms with van der Waals surface area (Å²) < 4.78 is 4.93. The summed E-state index contributed by atoms with van der Waals surface area (Å²) in [5.74, 6) is 0. The normalized spacial score (nSPS) is 10.5. The SMILES string of the molecule is CN(CC(N)=S)Cc1ccoc1. The highest BCUT2D eigenvalue weighted by atomic mass is 32.1. The van der Waals surface area contributed by atoms with Crippen molar-refractivity contribution in [3.8, 4) is 0 Å². The number of furan rings is 1. The number of rotatable bonds is 4. The fraction of sp³-hybridized carbons (Fsp3) is 0.375. The summed E-state index contributed by atoms with van der Waals surface area (Å²) in [5, 5.41) is 0. The van der Waals surface area contributed by atoms with Crippen molar-refractivity contribution in [2.24, 2.45) is 5.73 Å². The number of likely N-dealkylation sites (N-methyl/N-ethyl adjacent to an activating group) is 1. The van der Waals surface area contributed by atoms with Gasteiger partial charge in [-0.15, -0.1) is 0 Å². The zero-order chi connectivity index (χ0) is 8.97. The molecule has 2 N–H and O–H groups in total. The zero-order valence-corrected chi connectivity index (χ0v) is 7.80. The Morgan fingerprint density at radius 2 is 2.50 bits per heavy atom. The lowest BCUT2D eigenvalue weighted by Gasteiger charge is -2.13. The molecule has 0 fully saturated rings. The zero-order valence-electron chi connectivity index (χ0n) is 6.99. The first kappa shape index (κ1) is 9.22. The van der Waals surface area contributed by atoms with Crippen LogP contribution >= 0.6 is 12.2 Å². The van der Waals surface area contributed by atoms with Crippen LogP contribution in [0, 0.1) is 0 Å². The van der Waals surface area contributed by atoms with E-state index in [1.807, 2.05) is 18.0 Å². The fourth-order valence-electron chi connectivity index (χ4n) is 1.02. The number of nitrogens with two attached hydrogens (primary N) is 1. The lowest BCUT2D eigenvalue weighted by Crippen LogP contribution is -2.28. The van der Waals surface area contributed by atoms with Crippen LogP contribution < -0.4 is 5.73 Å². The third kappa shape index (κ3) is 3.02. The first-order chi connectivity index (χ1) is 5.68. The largest absolute Gasteiger partial charge is 0.472 e. The summed E-state index contributed by atoms with van der Waals surface area (Å²) in [6, 6.07) is 1.93. The Kier molecular flexibility index (Phi) is 3.25. The van der Waals surface area contributed by atoms with Crippen LogP contribution in [-0.4, -0.2) is 23.5 Å². The van der Waals surface area contributed by atoms with E-state index in [4.69, 9.17) is 22.4 Å². The van der Waals surface area contributed by atoms with Crippen LogP contribution in [0.15, 0.2) is 23.0 Å². The van der Waals surface area contributed by atoms with E-state index in [0.29, 0.717) is 11.5 Å². The fourth-order valence-corrected chi connectivity index (χ4v) is 1.24. The first-order valence-electron chi connectivity index (χ1n) is 3.66. The van der Waals surface area contributed by atoms with Gasteiger partial charge in [0.25, 0.3) is 0 Å². The molecular formula is C8H12N2OS. The van der Waals surface area contributed by atoms with Crippen LogP contribution in [-0.2, 0) is 6.54 Å². The molecule has 4 heteroatoms. The van der Waals surface area contributed by atoms with Crippen LogP contribution in [0.5, 0.6) is 0 Å². The minimum atomic E-state index is 0.515. The maximum atomic E-state index is 5.39. The van der Waals surface area contributed by atoms with Crippen molar-refractivity contribution in [3.05, 3.63) is 24.2 Å². The van der Waals surface area contributed by atoms with Crippen LogP contribution in [0.25, 0.3) is 0 Å². The molecule has 0 bridgehead atoms. The molecule has 12 heavy (non-hydrogen) atoms. The van der Waals surface area contributed by atoms with Crippen LogP contribution in [0.3, 0.4) is 0 Å². The molecule has 0 saturated carbocycles. The van der Waals surface area contributed by atoms with Gasteiger partial charge in [0.2, 0.25) is 0 Å². The van der Waals surface area contributed by atoms with Crippen molar-refractivity contribution in [3.63, 3.8) is 0 Å². The molecule has 0 spiro atoms. The molecule has 0 unspecified atom stereocenters. The average Bonchev–Trinajstić information content (AvgIpc) is 2.37. The Bertz CT molecular complexity index is 246. The lowest BCUT2D eigenvalue weighted by atomic mass is 10.3. The lowest BCUT2D eigenvalue weighted by molar-refractivity contribution is 0.372. The van der Waals surface area contributed by atoms with E-state index in [1.165, 1.54) is 0 Å². The van der Waals surface area contributed by atoms with Gasteiger partial charge in [0.1, 0.15) is 0 Å². The molecule has 0 atom stereocenters. The van der Waals surface area contributed by atoms with Gasteiger partial charge < -0.3 is 10.2 Å². The van der Waals surface area contributed by atoms with E-state index in [0.717, 1.165) is 12.1 Å². The second kappa shape index (κ2) is 4.23. The second-order valence-electron chi connectivity index (χ2n) is 2.77. The molecule has 1 aromatic heterocycles. The first-order valence-corrected chi connectivity index (χ1v) is 4.07. The molecule has 0 aliphatic carbocycles. The monoisotopic (exact) mass is 184 g/mol. The average molecular weight is 184 g/mol. The third-order valence-corrected chi connectivity index (χ3v) is 1.59. The molecule has 0 aliphatic rings. The Labute approximate surface area is 77.1 Å². The molecule has 0 amide bonds. The van der Waals surface area contributed by atoms with Gasteiger partial charge in [0.15, 0.2) is 0 Å². The van der Waals surface area contributed by atoms with Gasteiger partial charge >= 0.3 is 0 Å². The van der Waals surface area contributed by atoms with Crippen molar-refractivity contribution >= 4 is 17.2 Å². The van der Waals surface area contributed by atoms with Crippen molar-refractivity contribution in [1.82, 2.24) is 4.90 Å². The maximum absolute atomic E-state index is 5.39. The maximum Gasteiger partial charge on any atom is 0.0947 e. The second-order valence-corrected chi connectivity index (χ2v) is 3.29. The molecule has 0 saturated heterocycles. The third-order valence-electron chi connectivity index (χ3n) is 1.46. The molecule has 1 rings (SSSR count). The van der Waals surface area contributed by atoms with Crippen molar-refractivity contribution in [1.29, 1.82) is 0 Å². The Morgan fingerprint density at radius 1 is 1.75 bits per heavy atom. The number of hydrogen-bond acceptors (Lipinski definition) is 3. The van der Waals surface area contributed by atoms with E-state index in [2.05, 4.69) is 0 Å². The predicted octanol–water partition coefficient (Wildman–Crippen LogP) is 0.998. The van der Waals surface area contributed by atoms with Crippen molar-refractivity contribution < 1.29 is 4.42 Å². The van der Waals surface area contributed by atoms with Gasteiger partial charge in [-0.25, -0.2) is 0 Å². The van der Waals surface area contributed by atoms with Gasteiger partial charge in [0, 0.05) is 18.7 Å². The smallest absolute Gasteiger partial charge is 0.0947 e. The van der Waals surface area contributed by atoms with Crippen LogP contribution in [0.4, 0.5) is 0 Å². The van der Waals surface area contributed by atoms with Crippen LogP contribution in [0.2, 0.25) is 0 Å². The van der Waals surface area contributed by atoms with Gasteiger partial charge in [-0.2, -0.15) is 0 Å². The van der Waals surface area contributed by atoms with Gasteiger partial charge in [-0.05, 0) is 13.1 Å². The summed E-state index contributed by atoms with van der Waals surface area (Å²) in [6.07, 6.45) is 3.38. The highest BCUT2D eigenvalue weighted by Crippen LogP contribution is 2.02. The Morgan fingerprint density at radius 3 is 3.00 bits per heavy atom. The molecule has 1 aromatic rings. The summed E-state index contributed by atoms with van der Waals surface area (Å²) in [7, 11) is 1.96. The topological polar surface area (TPSA) is 42.4 Å². The molecule has 0 aromatic carbocycles. The standard InChI is InChI=1S/C8H12N2OS/c1-10(5-8(9)12)4-7-2-3-11-6-7/h2-3,6H,4-5H2,1H3,(H2,9,12). The van der Waals surface area contributed by atoms with Crippen LogP contribution in [0.1, 0.15) is 5.56 Å². The number of hydrogen-bond donors (Lipinski definition) is 1. The van der Waals surface area contributed by atoms with E-state index in [1.54, 1.807) is 12.5 Å². The summed E-state index contributed by atoms with van der Waals surface area (Å²) in [5.41, 5.74) is 6.52. The molecule has 66 valence electrons. The van der Waals surface area contributed by atoms with Crippen molar-refractivity contribution in [2.45, 2.75) is 6.54 Å². The highest BCUT2D eigenvalue weighted by molar-refractivity contribution is 7.80. The van der Waals surface area contributed by atoms with Gasteiger partial charge in [-0.1, -0.05) is 12.2 Å². The molecular weight excluding hydrogens is 172 g/mol. The summed E-state index contributed by atoms with van der Waals surface area (Å²) in [6.45, 7) is 1.45. The number of nitrogens with zero attached hydrogens (tertiary/aromatic N) is 1. The Hall–Kier alpha value is -0.870. The minimum absolute atomic E-state index is 0.515. The predicted molar refractivity (Wildman–Crippen MR) is 51.8 cm³/mol. The van der Waals surface area contributed by atoms with E-state index in [-0.39, 0.29) is 0 Å². The Balaban J connectivity index is 2.36. The van der Waals surface area contributed by atoms with Crippen molar-refractivity contribution in [2.75, 3.05) is 13.6 Å². The van der Waals surface area contributed by atoms with E-state index < -0.39 is 0 Å². The van der Waals surface area contributed by atoms with E-state index >= 15 is 0 Å². The number of thiocarbonyl (C=S) groups is 1. The summed E-state index contributed by atoms with van der Waals surface area (Å²) >= 11 is 4.78. The quantitative estimate of drug-likeness (QED) is 0.709. The minimum Gasteiger partial charge on any atom is -0.472 e. The van der Waals surface area contributed by atoms with Gasteiger partial charge in [0.05, 0.1) is 17.5 Å². The van der Waals surface area contributed by atoms with Gasteiger partial charge in [-0.3, -0.25) is 4.90 Å². The molecule has 0 aliphatic heterocycles. The highest BCUT2D eigenvalue weighted by Gasteiger charge is 2.01. The summed E-state index contributed by atoms with van der Waals surface area (Å²) in [4.78, 5) is 2.55. The molecule has 3 nitrogen and oxygen atoms in total. The molecule has 1 heterocycles.